The van der Waals surface area contributed by atoms with Gasteiger partial charge in [-0.05, 0) is 36.4 Å². The molecule has 1 aromatic rings. The second-order valence-electron chi connectivity index (χ2n) is 2.56. The summed E-state index contributed by atoms with van der Waals surface area (Å²) < 4.78 is 26.3. The summed E-state index contributed by atoms with van der Waals surface area (Å²) in [7, 11) is 0. The highest BCUT2D eigenvalue weighted by Gasteiger charge is 2.11. The van der Waals surface area contributed by atoms with E-state index in [1.807, 2.05) is 6.92 Å². The van der Waals surface area contributed by atoms with Gasteiger partial charge in [-0.2, -0.15) is 5.10 Å². The van der Waals surface area contributed by atoms with E-state index in [1.165, 1.54) is 4.68 Å². The number of aryl methyl sites for hydroxylation is 1. The zero-order valence-corrected chi connectivity index (χ0v) is 8.97. The van der Waals surface area contributed by atoms with Gasteiger partial charge in [-0.15, -0.1) is 0 Å². The quantitative estimate of drug-likeness (QED) is 0.763. The number of rotatable bonds is 2. The first-order chi connectivity index (χ1) is 5.52. The highest BCUT2D eigenvalue weighted by molar-refractivity contribution is 14.1. The summed E-state index contributed by atoms with van der Waals surface area (Å²) in [6.45, 7) is 3.30. The predicted octanol–water partition coefficient (Wildman–Crippen LogP) is 2.37. The molecular formula is C7H9F2IN2. The Hall–Kier alpha value is -0.200. The van der Waals surface area contributed by atoms with Gasteiger partial charge >= 0.3 is 0 Å². The summed E-state index contributed by atoms with van der Waals surface area (Å²) in [6.07, 6.45) is -2.33. The van der Waals surface area contributed by atoms with Crippen molar-refractivity contribution in [3.63, 3.8) is 0 Å². The van der Waals surface area contributed by atoms with E-state index < -0.39 is 6.43 Å². The molecule has 0 amide bonds. The van der Waals surface area contributed by atoms with Crippen LogP contribution in [0.4, 0.5) is 8.78 Å². The smallest absolute Gasteiger partial charge is 0.257 e. The minimum atomic E-state index is -2.33. The highest BCUT2D eigenvalue weighted by atomic mass is 127. The Balaban J connectivity index is 2.93. The molecule has 0 aliphatic heterocycles. The number of hydrogen-bond donors (Lipinski definition) is 0. The van der Waals surface area contributed by atoms with Gasteiger partial charge in [0.2, 0.25) is 0 Å². The van der Waals surface area contributed by atoms with E-state index in [0.717, 1.165) is 15.0 Å². The zero-order chi connectivity index (χ0) is 9.30. The molecule has 0 aliphatic rings. The lowest BCUT2D eigenvalue weighted by molar-refractivity contribution is 0.121. The van der Waals surface area contributed by atoms with Crippen LogP contribution in [0.2, 0.25) is 0 Å². The van der Waals surface area contributed by atoms with E-state index in [0.29, 0.717) is 0 Å². The van der Waals surface area contributed by atoms with Crippen molar-refractivity contribution < 1.29 is 8.78 Å². The van der Waals surface area contributed by atoms with Crippen molar-refractivity contribution in [2.24, 2.45) is 0 Å². The average Bonchev–Trinajstić information content (AvgIpc) is 2.17. The first-order valence-electron chi connectivity index (χ1n) is 3.50. The molecule has 1 aromatic heterocycles. The number of nitrogens with zero attached hydrogens (tertiary/aromatic N) is 2. The van der Waals surface area contributed by atoms with Crippen LogP contribution in [-0.4, -0.2) is 16.2 Å². The third-order valence-corrected chi connectivity index (χ3v) is 3.17. The van der Waals surface area contributed by atoms with Crippen LogP contribution in [0.3, 0.4) is 0 Å². The normalized spacial score (nSPS) is 11.2. The van der Waals surface area contributed by atoms with Crippen LogP contribution >= 0.6 is 22.6 Å². The Morgan fingerprint density at radius 3 is 2.42 bits per heavy atom. The lowest BCUT2D eigenvalue weighted by Gasteiger charge is -2.01. The third-order valence-electron chi connectivity index (χ3n) is 1.60. The summed E-state index contributed by atoms with van der Waals surface area (Å²) in [5, 5.41) is 3.98. The van der Waals surface area contributed by atoms with Gasteiger partial charge in [0.1, 0.15) is 6.54 Å². The fourth-order valence-electron chi connectivity index (χ4n) is 0.984. The fraction of sp³-hybridized carbons (Fsp3) is 0.571. The monoisotopic (exact) mass is 286 g/mol. The van der Waals surface area contributed by atoms with Crippen LogP contribution < -0.4 is 0 Å². The van der Waals surface area contributed by atoms with Gasteiger partial charge in [-0.1, -0.05) is 0 Å². The molecule has 0 aromatic carbocycles. The Morgan fingerprint density at radius 1 is 1.50 bits per heavy atom. The molecule has 2 nitrogen and oxygen atoms in total. The van der Waals surface area contributed by atoms with Gasteiger partial charge in [-0.25, -0.2) is 8.78 Å². The maximum Gasteiger partial charge on any atom is 0.257 e. The molecule has 0 unspecified atom stereocenters. The molecule has 1 heterocycles. The van der Waals surface area contributed by atoms with Gasteiger partial charge in [0, 0.05) is 5.69 Å². The molecule has 5 heteroatoms. The van der Waals surface area contributed by atoms with Crippen molar-refractivity contribution >= 4 is 22.6 Å². The van der Waals surface area contributed by atoms with Crippen molar-refractivity contribution in [1.29, 1.82) is 0 Å². The minimum absolute atomic E-state index is 0.310. The lowest BCUT2D eigenvalue weighted by atomic mass is 10.4. The van der Waals surface area contributed by atoms with E-state index in [2.05, 4.69) is 27.7 Å². The molecule has 0 spiro atoms. The summed E-state index contributed by atoms with van der Waals surface area (Å²) in [4.78, 5) is 0. The van der Waals surface area contributed by atoms with E-state index in [-0.39, 0.29) is 6.54 Å². The van der Waals surface area contributed by atoms with E-state index in [1.54, 1.807) is 6.92 Å². The Bertz CT molecular complexity index is 283. The van der Waals surface area contributed by atoms with Crippen LogP contribution in [-0.2, 0) is 6.54 Å². The van der Waals surface area contributed by atoms with E-state index in [4.69, 9.17) is 0 Å². The number of alkyl halides is 2. The van der Waals surface area contributed by atoms with Crippen molar-refractivity contribution in [2.45, 2.75) is 26.8 Å². The van der Waals surface area contributed by atoms with Crippen molar-refractivity contribution in [2.75, 3.05) is 0 Å². The molecule has 0 N–H and O–H groups in total. The first kappa shape index (κ1) is 9.88. The van der Waals surface area contributed by atoms with Crippen LogP contribution in [0.25, 0.3) is 0 Å². The van der Waals surface area contributed by atoms with Crippen molar-refractivity contribution in [3.8, 4) is 0 Å². The number of hydrogen-bond acceptors (Lipinski definition) is 1. The molecule has 0 aliphatic carbocycles. The topological polar surface area (TPSA) is 17.8 Å². The van der Waals surface area contributed by atoms with Crippen LogP contribution in [0.1, 0.15) is 11.4 Å². The van der Waals surface area contributed by atoms with Crippen LogP contribution in [0.15, 0.2) is 0 Å². The predicted molar refractivity (Wildman–Crippen MR) is 50.4 cm³/mol. The molecule has 12 heavy (non-hydrogen) atoms. The molecule has 0 bridgehead atoms. The fourth-order valence-corrected chi connectivity index (χ4v) is 1.37. The van der Waals surface area contributed by atoms with Gasteiger partial charge in [0.15, 0.2) is 0 Å². The SMILES string of the molecule is Cc1nn(CC(F)F)c(C)c1I. The van der Waals surface area contributed by atoms with Crippen LogP contribution in [0, 0.1) is 17.4 Å². The average molecular weight is 286 g/mol. The summed E-state index contributed by atoms with van der Waals surface area (Å²) in [6, 6.07) is 0. The van der Waals surface area contributed by atoms with Crippen LogP contribution in [0.5, 0.6) is 0 Å². The second kappa shape index (κ2) is 3.68. The van der Waals surface area contributed by atoms with Crippen molar-refractivity contribution in [1.82, 2.24) is 9.78 Å². The highest BCUT2D eigenvalue weighted by Crippen LogP contribution is 2.15. The third kappa shape index (κ3) is 1.94. The zero-order valence-electron chi connectivity index (χ0n) is 6.81. The Labute approximate surface area is 83.1 Å². The molecule has 68 valence electrons. The molecule has 0 saturated carbocycles. The standard InChI is InChI=1S/C7H9F2IN2/c1-4-7(10)5(2)12(11-4)3-6(8)9/h6H,3H2,1-2H3. The molecule has 0 fully saturated rings. The summed E-state index contributed by atoms with van der Waals surface area (Å²) >= 11 is 2.11. The second-order valence-corrected chi connectivity index (χ2v) is 3.64. The maximum atomic E-state index is 12.0. The van der Waals surface area contributed by atoms with E-state index >= 15 is 0 Å². The number of halogens is 3. The molecular weight excluding hydrogens is 277 g/mol. The largest absolute Gasteiger partial charge is 0.263 e. The summed E-state index contributed by atoms with van der Waals surface area (Å²) in [5.74, 6) is 0. The van der Waals surface area contributed by atoms with Gasteiger partial charge in [-0.3, -0.25) is 4.68 Å². The molecule has 1 rings (SSSR count). The first-order valence-corrected chi connectivity index (χ1v) is 4.58. The minimum Gasteiger partial charge on any atom is -0.263 e. The lowest BCUT2D eigenvalue weighted by Crippen LogP contribution is -2.09. The summed E-state index contributed by atoms with van der Waals surface area (Å²) in [5.41, 5.74) is 1.63. The van der Waals surface area contributed by atoms with Gasteiger partial charge in [0.25, 0.3) is 6.43 Å². The van der Waals surface area contributed by atoms with Gasteiger partial charge in [0.05, 0.1) is 9.26 Å². The maximum absolute atomic E-state index is 12.0. The van der Waals surface area contributed by atoms with Gasteiger partial charge < -0.3 is 0 Å². The van der Waals surface area contributed by atoms with E-state index in [9.17, 15) is 8.78 Å². The molecule has 0 radical (unpaired) electrons. The molecule has 0 saturated heterocycles. The van der Waals surface area contributed by atoms with Crippen molar-refractivity contribution in [3.05, 3.63) is 15.0 Å². The number of aromatic nitrogens is 2. The molecule has 0 atom stereocenters. The Morgan fingerprint density at radius 2 is 2.08 bits per heavy atom. The Kier molecular flexibility index (Phi) is 3.03.